The molecule has 0 aliphatic carbocycles. The first-order valence-electron chi connectivity index (χ1n) is 8.60. The predicted octanol–water partition coefficient (Wildman–Crippen LogP) is 4.43. The van der Waals surface area contributed by atoms with Gasteiger partial charge in [0.1, 0.15) is 5.60 Å². The maximum absolute atomic E-state index is 12.0. The summed E-state index contributed by atoms with van der Waals surface area (Å²) in [5, 5.41) is 4.27. The van der Waals surface area contributed by atoms with Gasteiger partial charge in [-0.1, -0.05) is 46.3 Å². The molecule has 1 aromatic heterocycles. The number of rotatable bonds is 5. The molecule has 0 radical (unpaired) electrons. The molecule has 2 heterocycles. The van der Waals surface area contributed by atoms with Gasteiger partial charge >= 0.3 is 6.09 Å². The van der Waals surface area contributed by atoms with Crippen LogP contribution in [-0.4, -0.2) is 32.6 Å². The van der Waals surface area contributed by atoms with E-state index < -0.39 is 11.7 Å². The molecule has 1 aliphatic rings. The largest absolute Gasteiger partial charge is 0.442 e. The van der Waals surface area contributed by atoms with Gasteiger partial charge in [-0.25, -0.2) is 4.79 Å². The van der Waals surface area contributed by atoms with E-state index in [0.29, 0.717) is 6.42 Å². The summed E-state index contributed by atoms with van der Waals surface area (Å²) in [4.78, 5) is 12.0. The van der Waals surface area contributed by atoms with Crippen LogP contribution in [0.1, 0.15) is 44.7 Å². The molecule has 1 aliphatic heterocycles. The number of carbonyl (C=O) groups excluding carboxylic acids is 1. The van der Waals surface area contributed by atoms with Crippen molar-refractivity contribution in [1.29, 1.82) is 0 Å². The van der Waals surface area contributed by atoms with E-state index in [1.807, 2.05) is 57.2 Å². The second kappa shape index (κ2) is 7.90. The van der Waals surface area contributed by atoms with Gasteiger partial charge in [0.25, 0.3) is 0 Å². The fourth-order valence-corrected chi connectivity index (χ4v) is 3.00. The van der Waals surface area contributed by atoms with E-state index >= 15 is 0 Å². The van der Waals surface area contributed by atoms with Gasteiger partial charge < -0.3 is 14.2 Å². The highest BCUT2D eigenvalue weighted by molar-refractivity contribution is 9.09. The molecule has 7 heteroatoms. The maximum Gasteiger partial charge on any atom is 0.435 e. The summed E-state index contributed by atoms with van der Waals surface area (Å²) in [5.74, 6) is 0. The summed E-state index contributed by atoms with van der Waals surface area (Å²) in [6.07, 6.45) is 2.04. The van der Waals surface area contributed by atoms with Crippen molar-refractivity contribution in [3.8, 4) is 0 Å². The fourth-order valence-electron chi connectivity index (χ4n) is 2.52. The minimum absolute atomic E-state index is 0.0501. The summed E-state index contributed by atoms with van der Waals surface area (Å²) in [6.45, 7) is 5.48. The number of alkyl halides is 1. The number of benzene rings is 1. The van der Waals surface area contributed by atoms with Crippen molar-refractivity contribution >= 4 is 22.0 Å². The van der Waals surface area contributed by atoms with Crippen molar-refractivity contribution < 1.29 is 19.0 Å². The molecule has 0 N–H and O–H groups in total. The van der Waals surface area contributed by atoms with Crippen LogP contribution in [-0.2, 0) is 20.6 Å². The van der Waals surface area contributed by atoms with Crippen LogP contribution in [0.25, 0.3) is 0 Å². The molecule has 0 spiro atoms. The van der Waals surface area contributed by atoms with Crippen molar-refractivity contribution in [1.82, 2.24) is 9.78 Å². The molecular weight excluding hydrogens is 400 g/mol. The van der Waals surface area contributed by atoms with Gasteiger partial charge in [0.2, 0.25) is 0 Å². The van der Waals surface area contributed by atoms with Crippen LogP contribution in [0, 0.1) is 0 Å². The lowest BCUT2D eigenvalue weighted by Gasteiger charge is -2.38. The molecule has 1 fully saturated rings. The average molecular weight is 423 g/mol. The first kappa shape index (κ1) is 19.1. The average Bonchev–Trinajstić information content (AvgIpc) is 3.00. The van der Waals surface area contributed by atoms with Gasteiger partial charge in [-0.2, -0.15) is 9.78 Å². The molecule has 0 amide bonds. The predicted molar refractivity (Wildman–Crippen MR) is 100 cm³/mol. The second-order valence-electron chi connectivity index (χ2n) is 7.17. The number of ether oxygens (including phenoxy) is 3. The quantitative estimate of drug-likeness (QED) is 0.666. The second-order valence-corrected chi connectivity index (χ2v) is 8.35. The Morgan fingerprint density at radius 2 is 1.96 bits per heavy atom. The summed E-state index contributed by atoms with van der Waals surface area (Å²) in [7, 11) is 0. The molecule has 140 valence electrons. The Morgan fingerprint density at radius 1 is 1.27 bits per heavy atom. The van der Waals surface area contributed by atoms with E-state index in [1.54, 1.807) is 6.20 Å². The SMILES string of the molecule is CC(C)(C)OC(=O)n1ccc(CCC(Br)C2OC(c3ccccc3)O2)n1. The van der Waals surface area contributed by atoms with Crippen molar-refractivity contribution in [2.24, 2.45) is 0 Å². The third-order valence-corrected chi connectivity index (χ3v) is 4.67. The first-order valence-corrected chi connectivity index (χ1v) is 9.51. The van der Waals surface area contributed by atoms with Crippen molar-refractivity contribution in [3.63, 3.8) is 0 Å². The summed E-state index contributed by atoms with van der Waals surface area (Å²) in [6, 6.07) is 11.7. The molecule has 26 heavy (non-hydrogen) atoms. The van der Waals surface area contributed by atoms with Crippen LogP contribution in [0.4, 0.5) is 4.79 Å². The number of halogens is 1. The van der Waals surface area contributed by atoms with Crippen LogP contribution in [0.3, 0.4) is 0 Å². The molecule has 2 aromatic rings. The summed E-state index contributed by atoms with van der Waals surface area (Å²) >= 11 is 3.61. The molecule has 1 unspecified atom stereocenters. The Bertz CT molecular complexity index is 735. The Labute approximate surface area is 161 Å². The van der Waals surface area contributed by atoms with Crippen LogP contribution in [0.15, 0.2) is 42.6 Å². The number of carbonyl (C=O) groups is 1. The van der Waals surface area contributed by atoms with Crippen LogP contribution in [0.2, 0.25) is 0 Å². The lowest BCUT2D eigenvalue weighted by molar-refractivity contribution is -0.388. The maximum atomic E-state index is 12.0. The van der Waals surface area contributed by atoms with E-state index in [4.69, 9.17) is 14.2 Å². The van der Waals surface area contributed by atoms with Gasteiger partial charge in [-0.15, -0.1) is 0 Å². The summed E-state index contributed by atoms with van der Waals surface area (Å²) < 4.78 is 18.1. The van der Waals surface area contributed by atoms with Crippen LogP contribution >= 0.6 is 15.9 Å². The minimum Gasteiger partial charge on any atom is -0.442 e. The monoisotopic (exact) mass is 422 g/mol. The third kappa shape index (κ3) is 4.93. The van der Waals surface area contributed by atoms with Crippen molar-refractivity contribution in [2.45, 2.75) is 56.6 Å². The Morgan fingerprint density at radius 3 is 2.62 bits per heavy atom. The zero-order chi connectivity index (χ0) is 18.7. The van der Waals surface area contributed by atoms with E-state index in [2.05, 4.69) is 21.0 Å². The number of aryl methyl sites for hydroxylation is 1. The Kier molecular flexibility index (Phi) is 5.79. The lowest BCUT2D eigenvalue weighted by Crippen LogP contribution is -2.41. The molecule has 6 nitrogen and oxygen atoms in total. The highest BCUT2D eigenvalue weighted by atomic mass is 79.9. The highest BCUT2D eigenvalue weighted by Crippen LogP contribution is 2.36. The van der Waals surface area contributed by atoms with Crippen molar-refractivity contribution in [2.75, 3.05) is 0 Å². The first-order chi connectivity index (χ1) is 12.3. The Hall–Kier alpha value is -1.70. The molecule has 0 saturated carbocycles. The lowest BCUT2D eigenvalue weighted by atomic mass is 10.1. The van der Waals surface area contributed by atoms with Gasteiger partial charge in [-0.05, 0) is 39.7 Å². The zero-order valence-electron chi connectivity index (χ0n) is 15.1. The van der Waals surface area contributed by atoms with Gasteiger partial charge in [-0.3, -0.25) is 0 Å². The molecule has 0 bridgehead atoms. The number of hydrogen-bond acceptors (Lipinski definition) is 5. The van der Waals surface area contributed by atoms with Crippen LogP contribution < -0.4 is 0 Å². The molecule has 1 atom stereocenters. The van der Waals surface area contributed by atoms with E-state index in [-0.39, 0.29) is 17.4 Å². The highest BCUT2D eigenvalue weighted by Gasteiger charge is 2.36. The third-order valence-electron chi connectivity index (χ3n) is 3.78. The number of hydrogen-bond donors (Lipinski definition) is 0. The molecule has 1 saturated heterocycles. The van der Waals surface area contributed by atoms with Gasteiger partial charge in [0, 0.05) is 11.8 Å². The zero-order valence-corrected chi connectivity index (χ0v) is 16.7. The van der Waals surface area contributed by atoms with E-state index in [9.17, 15) is 4.79 Å². The van der Waals surface area contributed by atoms with Gasteiger partial charge in [0.15, 0.2) is 12.6 Å². The fraction of sp³-hybridized carbons (Fsp3) is 0.474. The standard InChI is InChI=1S/C19H23BrN2O4/c1-19(2,3)26-18(23)22-12-11-14(21-22)9-10-15(20)17-24-16(25-17)13-7-5-4-6-8-13/h4-8,11-12,15-17H,9-10H2,1-3H3. The Balaban J connectivity index is 1.44. The smallest absolute Gasteiger partial charge is 0.435 e. The number of aromatic nitrogens is 2. The van der Waals surface area contributed by atoms with E-state index in [1.165, 1.54) is 4.68 Å². The molecular formula is C19H23BrN2O4. The number of nitrogens with zero attached hydrogens (tertiary/aromatic N) is 2. The summed E-state index contributed by atoms with van der Waals surface area (Å²) in [5.41, 5.74) is 1.29. The molecule has 1 aromatic carbocycles. The topological polar surface area (TPSA) is 62.6 Å². The van der Waals surface area contributed by atoms with Crippen molar-refractivity contribution in [3.05, 3.63) is 53.9 Å². The van der Waals surface area contributed by atoms with Gasteiger partial charge in [0.05, 0.1) is 10.5 Å². The van der Waals surface area contributed by atoms with E-state index in [0.717, 1.165) is 17.7 Å². The molecule has 3 rings (SSSR count). The minimum atomic E-state index is -0.543. The van der Waals surface area contributed by atoms with Crippen LogP contribution in [0.5, 0.6) is 0 Å². The normalized spacial score (nSPS) is 21.1.